The predicted octanol–water partition coefficient (Wildman–Crippen LogP) is -0.249. The first-order valence-electron chi connectivity index (χ1n) is 7.05. The number of rotatable bonds is 4. The van der Waals surface area contributed by atoms with E-state index in [9.17, 15) is 9.59 Å². The number of amides is 2. The molecule has 0 spiro atoms. The smallest absolute Gasteiger partial charge is 0.259 e. The summed E-state index contributed by atoms with van der Waals surface area (Å²) in [5.74, 6) is -0.575. The van der Waals surface area contributed by atoms with E-state index < -0.39 is 5.92 Å². The van der Waals surface area contributed by atoms with Crippen LogP contribution >= 0.6 is 0 Å². The molecule has 0 saturated carbocycles. The largest absolute Gasteiger partial charge is 0.314 e. The summed E-state index contributed by atoms with van der Waals surface area (Å²) >= 11 is 0. The molecule has 1 fully saturated rings. The molecular formula is C13H22N4O2. The van der Waals surface area contributed by atoms with Gasteiger partial charge in [-0.2, -0.15) is 4.99 Å². The van der Waals surface area contributed by atoms with E-state index in [4.69, 9.17) is 0 Å². The predicted molar refractivity (Wildman–Crippen MR) is 72.9 cm³/mol. The van der Waals surface area contributed by atoms with Crippen LogP contribution in [0.1, 0.15) is 26.7 Å². The lowest BCUT2D eigenvalue weighted by molar-refractivity contribution is -0.133. The van der Waals surface area contributed by atoms with Gasteiger partial charge in [0.2, 0.25) is 5.91 Å². The van der Waals surface area contributed by atoms with Crippen LogP contribution in [-0.4, -0.2) is 54.8 Å². The number of carbonyl (C=O) groups excluding carboxylic acids is 2. The van der Waals surface area contributed by atoms with Crippen molar-refractivity contribution < 1.29 is 9.59 Å². The summed E-state index contributed by atoms with van der Waals surface area (Å²) in [6.45, 7) is 7.58. The van der Waals surface area contributed by atoms with Crippen LogP contribution in [0.25, 0.3) is 0 Å². The molecule has 2 aliphatic rings. The minimum atomic E-state index is -0.607. The van der Waals surface area contributed by atoms with Crippen molar-refractivity contribution in [2.75, 3.05) is 26.2 Å². The molecule has 1 saturated heterocycles. The molecule has 0 aromatic heterocycles. The van der Waals surface area contributed by atoms with Gasteiger partial charge in [0.1, 0.15) is 11.8 Å². The van der Waals surface area contributed by atoms with Gasteiger partial charge >= 0.3 is 0 Å². The highest BCUT2D eigenvalue weighted by Crippen LogP contribution is 2.14. The fourth-order valence-electron chi connectivity index (χ4n) is 2.69. The van der Waals surface area contributed by atoms with E-state index in [0.717, 1.165) is 32.6 Å². The van der Waals surface area contributed by atoms with Gasteiger partial charge in [0, 0.05) is 26.2 Å². The van der Waals surface area contributed by atoms with Gasteiger partial charge in [-0.25, -0.2) is 0 Å². The van der Waals surface area contributed by atoms with Gasteiger partial charge in [-0.3, -0.25) is 14.5 Å². The lowest BCUT2D eigenvalue weighted by Gasteiger charge is -2.36. The molecular weight excluding hydrogens is 244 g/mol. The van der Waals surface area contributed by atoms with E-state index in [2.05, 4.69) is 27.4 Å². The summed E-state index contributed by atoms with van der Waals surface area (Å²) in [5.41, 5.74) is 0. The Balaban J connectivity index is 2.14. The van der Waals surface area contributed by atoms with Crippen LogP contribution < -0.4 is 10.6 Å². The van der Waals surface area contributed by atoms with Crippen molar-refractivity contribution in [1.29, 1.82) is 0 Å². The van der Waals surface area contributed by atoms with Crippen LogP contribution in [0, 0.1) is 5.92 Å². The van der Waals surface area contributed by atoms with Gasteiger partial charge in [0.25, 0.3) is 5.91 Å². The van der Waals surface area contributed by atoms with Crippen LogP contribution in [0.3, 0.4) is 0 Å². The maximum Gasteiger partial charge on any atom is 0.259 e. The van der Waals surface area contributed by atoms with Crippen LogP contribution in [0.15, 0.2) is 4.99 Å². The lowest BCUT2D eigenvalue weighted by atomic mass is 10.0. The van der Waals surface area contributed by atoms with E-state index in [1.165, 1.54) is 0 Å². The van der Waals surface area contributed by atoms with Crippen molar-refractivity contribution in [2.45, 2.75) is 32.7 Å². The summed E-state index contributed by atoms with van der Waals surface area (Å²) in [4.78, 5) is 30.2. The molecule has 6 nitrogen and oxygen atoms in total. The molecule has 0 aromatic carbocycles. The third kappa shape index (κ3) is 3.01. The monoisotopic (exact) mass is 266 g/mol. The Labute approximate surface area is 113 Å². The second kappa shape index (κ2) is 6.25. The van der Waals surface area contributed by atoms with Gasteiger partial charge in [-0.1, -0.05) is 13.8 Å². The average molecular weight is 266 g/mol. The number of amidine groups is 1. The quantitative estimate of drug-likeness (QED) is 0.688. The molecule has 106 valence electrons. The third-order valence-electron chi connectivity index (χ3n) is 3.80. The van der Waals surface area contributed by atoms with Gasteiger partial charge in [-0.05, 0) is 12.8 Å². The molecule has 0 bridgehead atoms. The first-order chi connectivity index (χ1) is 9.17. The number of hydrogen-bond acceptors (Lipinski definition) is 4. The number of hydrogen-bond donors (Lipinski definition) is 2. The Hall–Kier alpha value is -1.27. The second-order valence-electron chi connectivity index (χ2n) is 5.00. The van der Waals surface area contributed by atoms with E-state index in [1.807, 2.05) is 6.92 Å². The zero-order valence-corrected chi connectivity index (χ0v) is 11.6. The van der Waals surface area contributed by atoms with Crippen molar-refractivity contribution in [3.8, 4) is 0 Å². The van der Waals surface area contributed by atoms with Crippen LogP contribution in [0.5, 0.6) is 0 Å². The molecule has 2 amide bonds. The van der Waals surface area contributed by atoms with E-state index in [-0.39, 0.29) is 17.9 Å². The Morgan fingerprint density at radius 1 is 1.32 bits per heavy atom. The zero-order chi connectivity index (χ0) is 13.8. The number of carbonyl (C=O) groups is 2. The molecule has 0 aromatic rings. The Bertz CT molecular complexity index is 388. The topological polar surface area (TPSA) is 73.8 Å². The fraction of sp³-hybridized carbons (Fsp3) is 0.769. The first kappa shape index (κ1) is 14.1. The molecule has 2 rings (SSSR count). The second-order valence-corrected chi connectivity index (χ2v) is 5.00. The Kier molecular flexibility index (Phi) is 4.66. The number of nitrogens with one attached hydrogen (secondary N) is 2. The SMILES string of the molecule is CCC1C(=O)N=C(C(CC)N2CCNCC2)NC1=O. The summed E-state index contributed by atoms with van der Waals surface area (Å²) in [6.07, 6.45) is 1.34. The Morgan fingerprint density at radius 3 is 2.53 bits per heavy atom. The van der Waals surface area contributed by atoms with Crippen molar-refractivity contribution >= 4 is 17.6 Å². The van der Waals surface area contributed by atoms with Crippen LogP contribution in [0.2, 0.25) is 0 Å². The third-order valence-corrected chi connectivity index (χ3v) is 3.80. The molecule has 2 heterocycles. The molecule has 6 heteroatoms. The van der Waals surface area contributed by atoms with Crippen molar-refractivity contribution in [1.82, 2.24) is 15.5 Å². The maximum atomic E-state index is 11.9. The highest BCUT2D eigenvalue weighted by molar-refractivity contribution is 6.17. The van der Waals surface area contributed by atoms with E-state index >= 15 is 0 Å². The normalized spacial score (nSPS) is 26.8. The summed E-state index contributed by atoms with van der Waals surface area (Å²) < 4.78 is 0. The van der Waals surface area contributed by atoms with Gasteiger partial charge < -0.3 is 10.6 Å². The highest BCUT2D eigenvalue weighted by Gasteiger charge is 2.34. The van der Waals surface area contributed by atoms with Gasteiger partial charge in [0.15, 0.2) is 0 Å². The lowest BCUT2D eigenvalue weighted by Crippen LogP contribution is -2.57. The summed E-state index contributed by atoms with van der Waals surface area (Å²) in [6, 6.07) is 0.0350. The fourth-order valence-corrected chi connectivity index (χ4v) is 2.69. The number of piperazine rings is 1. The molecule has 2 aliphatic heterocycles. The first-order valence-corrected chi connectivity index (χ1v) is 7.05. The summed E-state index contributed by atoms with van der Waals surface area (Å²) in [5, 5.41) is 6.12. The summed E-state index contributed by atoms with van der Waals surface area (Å²) in [7, 11) is 0. The van der Waals surface area contributed by atoms with Crippen molar-refractivity contribution in [3.05, 3.63) is 0 Å². The zero-order valence-electron chi connectivity index (χ0n) is 11.6. The van der Waals surface area contributed by atoms with Gasteiger partial charge in [-0.15, -0.1) is 0 Å². The average Bonchev–Trinajstić information content (AvgIpc) is 2.40. The van der Waals surface area contributed by atoms with Crippen LogP contribution in [0.4, 0.5) is 0 Å². The minimum Gasteiger partial charge on any atom is -0.314 e. The molecule has 0 aliphatic carbocycles. The standard InChI is InChI=1S/C13H22N4O2/c1-3-9-12(18)15-11(16-13(9)19)10(4-2)17-7-5-14-6-8-17/h9-10,14H,3-8H2,1-2H3,(H,15,16,18,19). The van der Waals surface area contributed by atoms with Crippen LogP contribution in [-0.2, 0) is 9.59 Å². The molecule has 2 unspecified atom stereocenters. The molecule has 2 N–H and O–H groups in total. The molecule has 2 atom stereocenters. The van der Waals surface area contributed by atoms with Gasteiger partial charge in [0.05, 0.1) is 6.04 Å². The minimum absolute atomic E-state index is 0.0350. The maximum absolute atomic E-state index is 11.9. The van der Waals surface area contributed by atoms with E-state index in [1.54, 1.807) is 0 Å². The number of nitrogens with zero attached hydrogens (tertiary/aromatic N) is 2. The molecule has 0 radical (unpaired) electrons. The van der Waals surface area contributed by atoms with Crippen molar-refractivity contribution in [2.24, 2.45) is 10.9 Å². The highest BCUT2D eigenvalue weighted by atomic mass is 16.2. The number of aliphatic imine (C=N–C) groups is 1. The Morgan fingerprint density at radius 2 is 2.00 bits per heavy atom. The van der Waals surface area contributed by atoms with E-state index in [0.29, 0.717) is 12.3 Å². The molecule has 19 heavy (non-hydrogen) atoms. The van der Waals surface area contributed by atoms with Crippen molar-refractivity contribution in [3.63, 3.8) is 0 Å².